The Kier molecular flexibility index (Phi) is 8.52. The number of nitrogens with zero attached hydrogens (tertiary/aromatic N) is 2. The highest BCUT2D eigenvalue weighted by atomic mass is 35.5. The molecule has 33 heavy (non-hydrogen) atoms. The molecule has 1 heterocycles. The Hall–Kier alpha value is -3.29. The van der Waals surface area contributed by atoms with Crippen molar-refractivity contribution in [3.63, 3.8) is 0 Å². The van der Waals surface area contributed by atoms with E-state index in [1.807, 2.05) is 24.3 Å². The van der Waals surface area contributed by atoms with Gasteiger partial charge < -0.3 is 19.5 Å². The van der Waals surface area contributed by atoms with Crippen molar-refractivity contribution in [1.82, 2.24) is 15.4 Å². The number of carbonyl (C=O) groups is 2. The number of hydrogen-bond acceptors (Lipinski definition) is 5. The largest absolute Gasteiger partial charge is 0.497 e. The second-order valence-electron chi connectivity index (χ2n) is 7.13. The Balaban J connectivity index is 1.59. The van der Waals surface area contributed by atoms with Crippen molar-refractivity contribution in [3.05, 3.63) is 93.8 Å². The summed E-state index contributed by atoms with van der Waals surface area (Å²) in [4.78, 5) is 26.8. The summed E-state index contributed by atoms with van der Waals surface area (Å²) in [7, 11) is 1.61. The molecule has 0 aliphatic heterocycles. The summed E-state index contributed by atoms with van der Waals surface area (Å²) in [5, 5.41) is 7.32. The third-order valence-electron chi connectivity index (χ3n) is 4.79. The van der Waals surface area contributed by atoms with Crippen LogP contribution in [0.2, 0.25) is 10.0 Å². The Morgan fingerprint density at radius 3 is 2.61 bits per heavy atom. The van der Waals surface area contributed by atoms with Gasteiger partial charge in [0.25, 0.3) is 11.8 Å². The van der Waals surface area contributed by atoms with Crippen LogP contribution in [0.4, 0.5) is 0 Å². The molecule has 1 aromatic heterocycles. The standard InChI is InChI=1S/C24H23Cl2N3O4/c1-3-12-29(24(31)20-9-6-17(25)13-21(20)26)15-19-14-22(28-33-19)23(30)27-11-10-16-4-7-18(32-2)8-5-16/h3-9,13-14H,1,10-12,15H2,2H3,(H,27,30). The maximum absolute atomic E-state index is 12.9. The molecule has 0 saturated carbocycles. The normalized spacial score (nSPS) is 10.5. The van der Waals surface area contributed by atoms with Crippen molar-refractivity contribution in [1.29, 1.82) is 0 Å². The van der Waals surface area contributed by atoms with E-state index in [-0.39, 0.29) is 35.6 Å². The third kappa shape index (κ3) is 6.60. The van der Waals surface area contributed by atoms with E-state index in [2.05, 4.69) is 17.1 Å². The molecule has 0 atom stereocenters. The Bertz CT molecular complexity index is 1130. The second-order valence-corrected chi connectivity index (χ2v) is 7.97. The number of carbonyl (C=O) groups excluding carboxylic acids is 2. The lowest BCUT2D eigenvalue weighted by Crippen LogP contribution is -2.30. The summed E-state index contributed by atoms with van der Waals surface area (Å²) in [6.45, 7) is 4.47. The van der Waals surface area contributed by atoms with Crippen LogP contribution in [0.25, 0.3) is 0 Å². The van der Waals surface area contributed by atoms with Crippen LogP contribution in [-0.2, 0) is 13.0 Å². The van der Waals surface area contributed by atoms with Crippen LogP contribution in [0.5, 0.6) is 5.75 Å². The molecular weight excluding hydrogens is 465 g/mol. The molecule has 9 heteroatoms. The lowest BCUT2D eigenvalue weighted by Gasteiger charge is -2.20. The second kappa shape index (κ2) is 11.5. The van der Waals surface area contributed by atoms with Crippen molar-refractivity contribution in [2.24, 2.45) is 0 Å². The van der Waals surface area contributed by atoms with Crippen LogP contribution in [0.1, 0.15) is 32.2 Å². The van der Waals surface area contributed by atoms with Gasteiger partial charge in [-0.25, -0.2) is 0 Å². The van der Waals surface area contributed by atoms with E-state index in [1.54, 1.807) is 25.3 Å². The number of halogens is 2. The van der Waals surface area contributed by atoms with Gasteiger partial charge in [0.15, 0.2) is 11.5 Å². The number of rotatable bonds is 10. The van der Waals surface area contributed by atoms with Gasteiger partial charge in [0.1, 0.15) is 5.75 Å². The van der Waals surface area contributed by atoms with Gasteiger partial charge in [-0.2, -0.15) is 0 Å². The highest BCUT2D eigenvalue weighted by molar-refractivity contribution is 6.36. The zero-order chi connectivity index (χ0) is 23.8. The highest BCUT2D eigenvalue weighted by Crippen LogP contribution is 2.23. The molecule has 0 unspecified atom stereocenters. The number of nitrogens with one attached hydrogen (secondary N) is 1. The number of hydrogen-bond donors (Lipinski definition) is 1. The molecule has 0 radical (unpaired) electrons. The van der Waals surface area contributed by atoms with Gasteiger partial charge in [-0.1, -0.05) is 46.6 Å². The van der Waals surface area contributed by atoms with Gasteiger partial charge in [0, 0.05) is 24.2 Å². The summed E-state index contributed by atoms with van der Waals surface area (Å²) >= 11 is 12.1. The topological polar surface area (TPSA) is 84.7 Å². The van der Waals surface area contributed by atoms with Crippen molar-refractivity contribution in [2.45, 2.75) is 13.0 Å². The maximum atomic E-state index is 12.9. The number of amides is 2. The molecule has 172 valence electrons. The third-order valence-corrected chi connectivity index (χ3v) is 5.34. The smallest absolute Gasteiger partial charge is 0.273 e. The van der Waals surface area contributed by atoms with E-state index in [9.17, 15) is 9.59 Å². The van der Waals surface area contributed by atoms with Gasteiger partial charge in [-0.3, -0.25) is 9.59 Å². The number of methoxy groups -OCH3 is 1. The first-order valence-corrected chi connectivity index (χ1v) is 10.9. The van der Waals surface area contributed by atoms with E-state index < -0.39 is 0 Å². The zero-order valence-electron chi connectivity index (χ0n) is 18.0. The number of aromatic nitrogens is 1. The van der Waals surface area contributed by atoms with Gasteiger partial charge in [0.05, 0.1) is 24.2 Å². The summed E-state index contributed by atoms with van der Waals surface area (Å²) in [6.07, 6.45) is 2.24. The van der Waals surface area contributed by atoms with Crippen LogP contribution in [0.15, 0.2) is 65.7 Å². The molecule has 0 aliphatic carbocycles. The van der Waals surface area contributed by atoms with E-state index in [4.69, 9.17) is 32.5 Å². The minimum Gasteiger partial charge on any atom is -0.497 e. The predicted octanol–water partition coefficient (Wildman–Crippen LogP) is 4.79. The zero-order valence-corrected chi connectivity index (χ0v) is 19.5. The molecule has 3 rings (SSSR count). The fraction of sp³-hybridized carbons (Fsp3) is 0.208. The minimum atomic E-state index is -0.360. The predicted molar refractivity (Wildman–Crippen MR) is 127 cm³/mol. The first-order chi connectivity index (χ1) is 15.9. The maximum Gasteiger partial charge on any atom is 0.273 e. The molecular formula is C24H23Cl2N3O4. The molecule has 3 aromatic rings. The summed E-state index contributed by atoms with van der Waals surface area (Å²) in [6, 6.07) is 13.8. The van der Waals surface area contributed by atoms with Crippen LogP contribution in [-0.4, -0.2) is 42.1 Å². The molecule has 0 saturated heterocycles. The molecule has 0 spiro atoms. The number of benzene rings is 2. The van der Waals surface area contributed by atoms with Crippen molar-refractivity contribution >= 4 is 35.0 Å². The number of ether oxygens (including phenoxy) is 1. The first kappa shape index (κ1) is 24.4. The fourth-order valence-electron chi connectivity index (χ4n) is 3.09. The van der Waals surface area contributed by atoms with Crippen molar-refractivity contribution < 1.29 is 18.8 Å². The Labute approximate surface area is 201 Å². The van der Waals surface area contributed by atoms with E-state index >= 15 is 0 Å². The fourth-order valence-corrected chi connectivity index (χ4v) is 3.58. The molecule has 2 amide bonds. The van der Waals surface area contributed by atoms with E-state index in [1.165, 1.54) is 17.0 Å². The molecule has 7 nitrogen and oxygen atoms in total. The van der Waals surface area contributed by atoms with Crippen molar-refractivity contribution in [2.75, 3.05) is 20.2 Å². The molecule has 1 N–H and O–H groups in total. The van der Waals surface area contributed by atoms with Crippen LogP contribution in [0, 0.1) is 0 Å². The van der Waals surface area contributed by atoms with Gasteiger partial charge in [-0.05, 0) is 42.3 Å². The lowest BCUT2D eigenvalue weighted by molar-refractivity contribution is 0.0748. The molecule has 0 bridgehead atoms. The van der Waals surface area contributed by atoms with Crippen LogP contribution in [0.3, 0.4) is 0 Å². The van der Waals surface area contributed by atoms with E-state index in [0.29, 0.717) is 29.3 Å². The van der Waals surface area contributed by atoms with Gasteiger partial charge >= 0.3 is 0 Å². The Morgan fingerprint density at radius 1 is 1.18 bits per heavy atom. The molecule has 2 aromatic carbocycles. The summed E-state index contributed by atoms with van der Waals surface area (Å²) < 4.78 is 10.4. The summed E-state index contributed by atoms with van der Waals surface area (Å²) in [5.41, 5.74) is 1.51. The van der Waals surface area contributed by atoms with Gasteiger partial charge in [-0.15, -0.1) is 6.58 Å². The average molecular weight is 488 g/mol. The van der Waals surface area contributed by atoms with Gasteiger partial charge in [0.2, 0.25) is 0 Å². The first-order valence-electron chi connectivity index (χ1n) is 10.1. The van der Waals surface area contributed by atoms with Crippen molar-refractivity contribution in [3.8, 4) is 5.75 Å². The minimum absolute atomic E-state index is 0.0932. The van der Waals surface area contributed by atoms with Crippen LogP contribution >= 0.6 is 23.2 Å². The van der Waals surface area contributed by atoms with E-state index in [0.717, 1.165) is 11.3 Å². The quantitative estimate of drug-likeness (QED) is 0.415. The Morgan fingerprint density at radius 2 is 1.94 bits per heavy atom. The SMILES string of the molecule is C=CCN(Cc1cc(C(=O)NCCc2ccc(OC)cc2)no1)C(=O)c1ccc(Cl)cc1Cl. The molecule has 0 fully saturated rings. The summed E-state index contributed by atoms with van der Waals surface area (Å²) in [5.74, 6) is 0.454. The monoisotopic (exact) mass is 487 g/mol. The lowest BCUT2D eigenvalue weighted by atomic mass is 10.1. The molecule has 0 aliphatic rings. The van der Waals surface area contributed by atoms with Crippen LogP contribution < -0.4 is 10.1 Å². The highest BCUT2D eigenvalue weighted by Gasteiger charge is 2.21. The average Bonchev–Trinajstić information content (AvgIpc) is 3.27.